The maximum absolute atomic E-state index is 6.16. The van der Waals surface area contributed by atoms with E-state index in [0.29, 0.717) is 0 Å². The van der Waals surface area contributed by atoms with Crippen molar-refractivity contribution in [3.63, 3.8) is 0 Å². The van der Waals surface area contributed by atoms with Crippen molar-refractivity contribution in [2.24, 2.45) is 0 Å². The zero-order chi connectivity index (χ0) is 39.3. The van der Waals surface area contributed by atoms with E-state index in [4.69, 9.17) is 8.83 Å². The maximum atomic E-state index is 6.16. The van der Waals surface area contributed by atoms with Crippen molar-refractivity contribution < 1.29 is 8.83 Å². The van der Waals surface area contributed by atoms with E-state index in [1.165, 1.54) is 11.1 Å². The summed E-state index contributed by atoms with van der Waals surface area (Å²) in [5, 5.41) is 7.90. The maximum Gasteiger partial charge on any atom is 0.137 e. The van der Waals surface area contributed by atoms with E-state index < -0.39 is 0 Å². The van der Waals surface area contributed by atoms with E-state index in [1.54, 1.807) is 0 Å². The van der Waals surface area contributed by atoms with Crippen LogP contribution in [-0.2, 0) is 0 Å². The van der Waals surface area contributed by atoms with Gasteiger partial charge in [-0.15, -0.1) is 0 Å². The van der Waals surface area contributed by atoms with Crippen LogP contribution in [0.1, 0.15) is 11.1 Å². The molecule has 0 bridgehead atoms. The molecule has 0 aliphatic carbocycles. The summed E-state index contributed by atoms with van der Waals surface area (Å²) in [7, 11) is 0. The van der Waals surface area contributed by atoms with Crippen LogP contribution in [0.15, 0.2) is 204 Å². The molecule has 7 heteroatoms. The first kappa shape index (κ1) is 38.3. The number of halogens is 3. The quantitative estimate of drug-likeness (QED) is 0.187. The summed E-state index contributed by atoms with van der Waals surface area (Å²) in [6.07, 6.45) is 0. The van der Waals surface area contributed by atoms with Crippen molar-refractivity contribution in [2.45, 2.75) is 13.8 Å². The lowest BCUT2D eigenvalue weighted by atomic mass is 10.1. The van der Waals surface area contributed by atoms with Gasteiger partial charge in [0.2, 0.25) is 0 Å². The number of fused-ring (bicyclic) bond motifs is 6. The number of benzene rings is 8. The van der Waals surface area contributed by atoms with Crippen molar-refractivity contribution in [2.75, 3.05) is 10.2 Å². The molecule has 4 nitrogen and oxygen atoms in total. The molecule has 10 rings (SSSR count). The Morgan fingerprint density at radius 1 is 0.368 bits per heavy atom. The molecule has 280 valence electrons. The van der Waals surface area contributed by atoms with E-state index in [0.717, 1.165) is 85.7 Å². The molecular formula is C50H37Br3N2O2. The summed E-state index contributed by atoms with van der Waals surface area (Å²) < 4.78 is 15.0. The van der Waals surface area contributed by atoms with Gasteiger partial charge in [-0.25, -0.2) is 0 Å². The SMILES string of the molecule is Brc1ccc2c(c1)oc1cc(Br)ccc12.Cc1ccc(N(c2ccccc2)c2ccc3c(c2)oc2cc(Br)ccc23)cc1.Cc1ccc(Nc2ccccc2)cc1. The van der Waals surface area contributed by atoms with Gasteiger partial charge in [0.25, 0.3) is 0 Å². The minimum absolute atomic E-state index is 0.888. The number of aryl methyl sites for hydroxylation is 2. The standard InChI is InChI=1S/C25H18BrNO.C13H13N.C12H6Br2O/c1-17-7-10-20(11-8-17)27(19-5-3-2-4-6-19)21-12-14-23-22-13-9-18(26)15-24(22)28-25(23)16-21;1-11-7-9-13(10-8-11)14-12-5-3-2-4-6-12;13-7-1-3-9-10-4-2-8(14)6-12(10)15-11(9)5-7/h2-16H,1H3;2-10,14H,1H3;1-6H. The Labute approximate surface area is 357 Å². The molecule has 0 aliphatic rings. The Bertz CT molecular complexity index is 2870. The minimum atomic E-state index is 0.888. The van der Waals surface area contributed by atoms with Crippen LogP contribution in [0.25, 0.3) is 43.9 Å². The Kier molecular flexibility index (Phi) is 11.6. The Balaban J connectivity index is 0.000000132. The number of hydrogen-bond acceptors (Lipinski definition) is 4. The molecule has 0 saturated heterocycles. The highest BCUT2D eigenvalue weighted by Gasteiger charge is 2.15. The zero-order valence-electron chi connectivity index (χ0n) is 31.2. The Morgan fingerprint density at radius 2 is 0.737 bits per heavy atom. The van der Waals surface area contributed by atoms with Gasteiger partial charge in [0.1, 0.15) is 22.3 Å². The lowest BCUT2D eigenvalue weighted by Crippen LogP contribution is -2.09. The lowest BCUT2D eigenvalue weighted by Gasteiger charge is -2.25. The number of furan rings is 2. The molecule has 0 saturated carbocycles. The van der Waals surface area contributed by atoms with Gasteiger partial charge in [0, 0.05) is 69.5 Å². The monoisotopic (exact) mass is 934 g/mol. The van der Waals surface area contributed by atoms with Gasteiger partial charge in [-0.1, -0.05) is 120 Å². The highest BCUT2D eigenvalue weighted by molar-refractivity contribution is 9.11. The van der Waals surface area contributed by atoms with E-state index in [9.17, 15) is 0 Å². The third kappa shape index (κ3) is 9.02. The highest BCUT2D eigenvalue weighted by atomic mass is 79.9. The van der Waals surface area contributed by atoms with Crippen molar-refractivity contribution in [3.05, 3.63) is 207 Å². The first-order valence-corrected chi connectivity index (χ1v) is 20.8. The molecular weight excluding hydrogens is 900 g/mol. The third-order valence-electron chi connectivity index (χ3n) is 9.50. The molecule has 10 aromatic rings. The molecule has 0 amide bonds. The number of hydrogen-bond donors (Lipinski definition) is 1. The summed E-state index contributed by atoms with van der Waals surface area (Å²) in [6.45, 7) is 4.20. The second kappa shape index (κ2) is 17.3. The van der Waals surface area contributed by atoms with Gasteiger partial charge in [-0.05, 0) is 129 Å². The predicted molar refractivity (Wildman–Crippen MR) is 251 cm³/mol. The minimum Gasteiger partial charge on any atom is -0.456 e. The predicted octanol–water partition coefficient (Wildman–Crippen LogP) is 17.0. The number of nitrogens with one attached hydrogen (secondary N) is 1. The lowest BCUT2D eigenvalue weighted by molar-refractivity contribution is 0.668. The van der Waals surface area contributed by atoms with E-state index >= 15 is 0 Å². The van der Waals surface area contributed by atoms with Gasteiger partial charge < -0.3 is 19.1 Å². The zero-order valence-corrected chi connectivity index (χ0v) is 36.0. The summed E-state index contributed by atoms with van der Waals surface area (Å²) in [5.41, 5.74) is 11.7. The average molecular weight is 938 g/mol. The third-order valence-corrected chi connectivity index (χ3v) is 11.0. The van der Waals surface area contributed by atoms with Crippen LogP contribution < -0.4 is 10.2 Å². The molecule has 0 spiro atoms. The van der Waals surface area contributed by atoms with Crippen LogP contribution in [0.5, 0.6) is 0 Å². The smallest absolute Gasteiger partial charge is 0.137 e. The van der Waals surface area contributed by atoms with E-state index in [-0.39, 0.29) is 0 Å². The Morgan fingerprint density at radius 3 is 1.23 bits per heavy atom. The topological polar surface area (TPSA) is 41.6 Å². The fourth-order valence-corrected chi connectivity index (χ4v) is 7.67. The van der Waals surface area contributed by atoms with Crippen molar-refractivity contribution in [1.82, 2.24) is 0 Å². The summed E-state index contributed by atoms with van der Waals surface area (Å²) in [5.74, 6) is 0. The largest absolute Gasteiger partial charge is 0.456 e. The highest BCUT2D eigenvalue weighted by Crippen LogP contribution is 2.39. The normalized spacial score (nSPS) is 10.9. The van der Waals surface area contributed by atoms with Gasteiger partial charge in [0.05, 0.1) is 0 Å². The van der Waals surface area contributed by atoms with Crippen LogP contribution >= 0.6 is 47.8 Å². The van der Waals surface area contributed by atoms with Crippen LogP contribution in [0.4, 0.5) is 28.4 Å². The summed E-state index contributed by atoms with van der Waals surface area (Å²) >= 11 is 10.4. The number of nitrogens with zero attached hydrogens (tertiary/aromatic N) is 1. The number of rotatable bonds is 5. The molecule has 0 atom stereocenters. The van der Waals surface area contributed by atoms with Gasteiger partial charge in [-0.2, -0.15) is 0 Å². The average Bonchev–Trinajstić information content (AvgIpc) is 3.77. The van der Waals surface area contributed by atoms with Crippen molar-refractivity contribution in [1.29, 1.82) is 0 Å². The van der Waals surface area contributed by atoms with Gasteiger partial charge >= 0.3 is 0 Å². The number of para-hydroxylation sites is 2. The van der Waals surface area contributed by atoms with Crippen LogP contribution in [0, 0.1) is 13.8 Å². The van der Waals surface area contributed by atoms with Crippen molar-refractivity contribution >= 4 is 120 Å². The first-order valence-electron chi connectivity index (χ1n) is 18.5. The number of anilines is 5. The molecule has 2 aromatic heterocycles. The van der Waals surface area contributed by atoms with Crippen LogP contribution in [-0.4, -0.2) is 0 Å². The van der Waals surface area contributed by atoms with E-state index in [2.05, 4.69) is 193 Å². The second-order valence-electron chi connectivity index (χ2n) is 13.7. The molecule has 2 heterocycles. The van der Waals surface area contributed by atoms with Gasteiger partial charge in [-0.3, -0.25) is 0 Å². The summed E-state index contributed by atoms with van der Waals surface area (Å²) in [4.78, 5) is 2.25. The molecule has 0 unspecified atom stereocenters. The fraction of sp³-hybridized carbons (Fsp3) is 0.0400. The first-order chi connectivity index (χ1) is 27.8. The molecule has 0 radical (unpaired) electrons. The van der Waals surface area contributed by atoms with Crippen molar-refractivity contribution in [3.8, 4) is 0 Å². The van der Waals surface area contributed by atoms with Crippen LogP contribution in [0.3, 0.4) is 0 Å². The molecule has 1 N–H and O–H groups in total. The summed E-state index contributed by atoms with van der Waals surface area (Å²) in [6, 6.07) is 62.3. The second-order valence-corrected chi connectivity index (χ2v) is 16.4. The molecule has 8 aromatic carbocycles. The van der Waals surface area contributed by atoms with Crippen LogP contribution in [0.2, 0.25) is 0 Å². The molecule has 57 heavy (non-hydrogen) atoms. The Hall–Kier alpha value is -5.60. The van der Waals surface area contributed by atoms with Gasteiger partial charge in [0.15, 0.2) is 0 Å². The molecule has 0 aliphatic heterocycles. The molecule has 0 fully saturated rings. The fourth-order valence-electron chi connectivity index (χ4n) is 6.65. The van der Waals surface area contributed by atoms with E-state index in [1.807, 2.05) is 60.7 Å².